The van der Waals surface area contributed by atoms with E-state index in [-0.39, 0.29) is 17.6 Å². The van der Waals surface area contributed by atoms with Gasteiger partial charge in [-0.2, -0.15) is 0 Å². The molecule has 6 heteroatoms. The van der Waals surface area contributed by atoms with Gasteiger partial charge in [0.1, 0.15) is 0 Å². The van der Waals surface area contributed by atoms with E-state index >= 15 is 0 Å². The molecular weight excluding hydrogens is 252 g/mol. The summed E-state index contributed by atoms with van der Waals surface area (Å²) in [5.41, 5.74) is 6.77. The smallest absolute Gasteiger partial charge is 0.315 e. The summed E-state index contributed by atoms with van der Waals surface area (Å²) in [6, 6.07) is 5.01. The molecule has 1 amide bonds. The second-order valence-electron chi connectivity index (χ2n) is 3.82. The van der Waals surface area contributed by atoms with Crippen LogP contribution in [0.15, 0.2) is 23.1 Å². The molecule has 0 atom stereocenters. The first-order valence-electron chi connectivity index (χ1n) is 5.26. The van der Waals surface area contributed by atoms with E-state index in [9.17, 15) is 9.59 Å². The largest absolute Gasteiger partial charge is 0.468 e. The number of rotatable bonds is 4. The van der Waals surface area contributed by atoms with Gasteiger partial charge in [-0.05, 0) is 18.2 Å². The van der Waals surface area contributed by atoms with Crippen LogP contribution in [0.3, 0.4) is 0 Å². The molecule has 0 aliphatic heterocycles. The van der Waals surface area contributed by atoms with Gasteiger partial charge in [-0.25, -0.2) is 0 Å². The van der Waals surface area contributed by atoms with Gasteiger partial charge in [0.15, 0.2) is 0 Å². The number of ether oxygens (including phenoxy) is 1. The number of carbonyl (C=O) groups excluding carboxylic acids is 2. The minimum Gasteiger partial charge on any atom is -0.468 e. The van der Waals surface area contributed by atoms with E-state index < -0.39 is 0 Å². The summed E-state index contributed by atoms with van der Waals surface area (Å²) in [6.07, 6.45) is 0. The highest BCUT2D eigenvalue weighted by molar-refractivity contribution is 8.00. The van der Waals surface area contributed by atoms with E-state index in [1.165, 1.54) is 23.8 Å². The Morgan fingerprint density at radius 3 is 2.61 bits per heavy atom. The van der Waals surface area contributed by atoms with E-state index in [2.05, 4.69) is 4.74 Å². The Bertz CT molecular complexity index is 461. The summed E-state index contributed by atoms with van der Waals surface area (Å²) in [5.74, 6) is -0.318. The Hall–Kier alpha value is -1.69. The van der Waals surface area contributed by atoms with Crippen LogP contribution in [0.2, 0.25) is 0 Å². The van der Waals surface area contributed by atoms with Gasteiger partial charge < -0.3 is 15.4 Å². The summed E-state index contributed by atoms with van der Waals surface area (Å²) in [7, 11) is 4.68. The van der Waals surface area contributed by atoms with Crippen molar-refractivity contribution in [2.24, 2.45) is 0 Å². The van der Waals surface area contributed by atoms with E-state index in [0.717, 1.165) is 0 Å². The third-order valence-electron chi connectivity index (χ3n) is 2.22. The maximum absolute atomic E-state index is 11.9. The van der Waals surface area contributed by atoms with Gasteiger partial charge in [-0.3, -0.25) is 9.59 Å². The van der Waals surface area contributed by atoms with Crippen molar-refractivity contribution >= 4 is 29.3 Å². The molecule has 0 saturated heterocycles. The van der Waals surface area contributed by atoms with Crippen molar-refractivity contribution < 1.29 is 14.3 Å². The van der Waals surface area contributed by atoms with Crippen LogP contribution in [0.4, 0.5) is 5.69 Å². The first kappa shape index (κ1) is 14.4. The van der Waals surface area contributed by atoms with Crippen molar-refractivity contribution in [3.63, 3.8) is 0 Å². The molecule has 0 saturated carbocycles. The van der Waals surface area contributed by atoms with Gasteiger partial charge in [-0.1, -0.05) is 0 Å². The maximum atomic E-state index is 11.9. The lowest BCUT2D eigenvalue weighted by atomic mass is 10.2. The fraction of sp³-hybridized carbons (Fsp3) is 0.333. The molecule has 0 heterocycles. The summed E-state index contributed by atoms with van der Waals surface area (Å²) < 4.78 is 4.56. The lowest BCUT2D eigenvalue weighted by Crippen LogP contribution is -2.22. The number of esters is 1. The summed E-state index contributed by atoms with van der Waals surface area (Å²) in [5, 5.41) is 0. The molecule has 1 rings (SSSR count). The third-order valence-corrected chi connectivity index (χ3v) is 3.24. The Morgan fingerprint density at radius 1 is 1.39 bits per heavy atom. The minimum atomic E-state index is -0.342. The molecule has 0 fully saturated rings. The summed E-state index contributed by atoms with van der Waals surface area (Å²) in [4.78, 5) is 25.2. The number of benzene rings is 1. The number of amides is 1. The van der Waals surface area contributed by atoms with Gasteiger partial charge in [-0.15, -0.1) is 11.8 Å². The molecule has 98 valence electrons. The van der Waals surface area contributed by atoms with Crippen LogP contribution in [0, 0.1) is 0 Å². The predicted octanol–water partition coefficient (Wildman–Crippen LogP) is 1.24. The number of carbonyl (C=O) groups is 2. The van der Waals surface area contributed by atoms with Gasteiger partial charge in [0, 0.05) is 24.7 Å². The first-order chi connectivity index (χ1) is 8.45. The van der Waals surface area contributed by atoms with Crippen LogP contribution in [-0.2, 0) is 9.53 Å². The fourth-order valence-corrected chi connectivity index (χ4v) is 2.19. The molecule has 0 aliphatic carbocycles. The van der Waals surface area contributed by atoms with Crippen molar-refractivity contribution in [1.82, 2.24) is 4.90 Å². The SMILES string of the molecule is COC(=O)CSc1cc(N)ccc1C(=O)N(C)C. The molecule has 0 aliphatic rings. The van der Waals surface area contributed by atoms with E-state index in [0.29, 0.717) is 16.1 Å². The fourth-order valence-electron chi connectivity index (χ4n) is 1.27. The second-order valence-corrected chi connectivity index (χ2v) is 4.84. The molecule has 2 N–H and O–H groups in total. The number of nitrogens with two attached hydrogens (primary N) is 1. The molecule has 0 radical (unpaired) electrons. The minimum absolute atomic E-state index is 0.123. The maximum Gasteiger partial charge on any atom is 0.315 e. The van der Waals surface area contributed by atoms with Gasteiger partial charge >= 0.3 is 5.97 Å². The monoisotopic (exact) mass is 268 g/mol. The Balaban J connectivity index is 2.97. The number of hydrogen-bond donors (Lipinski definition) is 1. The van der Waals surface area contributed by atoms with Crippen LogP contribution in [0.1, 0.15) is 10.4 Å². The average molecular weight is 268 g/mol. The molecule has 0 spiro atoms. The van der Waals surface area contributed by atoms with Gasteiger partial charge in [0.25, 0.3) is 5.91 Å². The molecule has 18 heavy (non-hydrogen) atoms. The summed E-state index contributed by atoms with van der Waals surface area (Å²) in [6.45, 7) is 0. The van der Waals surface area contributed by atoms with Crippen molar-refractivity contribution in [2.45, 2.75) is 4.90 Å². The lowest BCUT2D eigenvalue weighted by Gasteiger charge is -2.14. The van der Waals surface area contributed by atoms with Crippen LogP contribution < -0.4 is 5.73 Å². The molecule has 5 nitrogen and oxygen atoms in total. The normalized spacial score (nSPS) is 9.94. The van der Waals surface area contributed by atoms with Crippen molar-refractivity contribution in [1.29, 1.82) is 0 Å². The highest BCUT2D eigenvalue weighted by Gasteiger charge is 2.15. The standard InChI is InChI=1S/C12H16N2O3S/c1-14(2)12(16)9-5-4-8(13)6-10(9)18-7-11(15)17-3/h4-6H,7,13H2,1-3H3. The zero-order valence-electron chi connectivity index (χ0n) is 10.6. The van der Waals surface area contributed by atoms with E-state index in [4.69, 9.17) is 5.73 Å². The van der Waals surface area contributed by atoms with E-state index in [1.807, 2.05) is 0 Å². The Kier molecular flexibility index (Phi) is 5.03. The predicted molar refractivity (Wildman–Crippen MR) is 71.6 cm³/mol. The average Bonchev–Trinajstić information content (AvgIpc) is 2.35. The van der Waals surface area contributed by atoms with Crippen LogP contribution in [-0.4, -0.2) is 43.7 Å². The van der Waals surface area contributed by atoms with Gasteiger partial charge in [0.05, 0.1) is 18.4 Å². The lowest BCUT2D eigenvalue weighted by molar-refractivity contribution is -0.137. The van der Waals surface area contributed by atoms with Crippen molar-refractivity contribution in [3.8, 4) is 0 Å². The first-order valence-corrected chi connectivity index (χ1v) is 6.25. The highest BCUT2D eigenvalue weighted by atomic mass is 32.2. The number of methoxy groups -OCH3 is 1. The third kappa shape index (κ3) is 3.66. The zero-order chi connectivity index (χ0) is 13.7. The molecule has 0 aromatic heterocycles. The number of nitrogens with zero attached hydrogens (tertiary/aromatic N) is 1. The summed E-state index contributed by atoms with van der Waals surface area (Å²) >= 11 is 1.24. The highest BCUT2D eigenvalue weighted by Crippen LogP contribution is 2.26. The number of thioether (sulfide) groups is 1. The molecule has 1 aromatic carbocycles. The Labute approximate surface area is 110 Å². The second kappa shape index (κ2) is 6.30. The Morgan fingerprint density at radius 2 is 2.06 bits per heavy atom. The quantitative estimate of drug-likeness (QED) is 0.505. The van der Waals surface area contributed by atoms with Crippen LogP contribution in [0.5, 0.6) is 0 Å². The number of nitrogen functional groups attached to an aromatic ring is 1. The van der Waals surface area contributed by atoms with Gasteiger partial charge in [0.2, 0.25) is 0 Å². The van der Waals surface area contributed by atoms with Crippen LogP contribution in [0.25, 0.3) is 0 Å². The zero-order valence-corrected chi connectivity index (χ0v) is 11.4. The van der Waals surface area contributed by atoms with E-state index in [1.54, 1.807) is 32.3 Å². The van der Waals surface area contributed by atoms with Crippen molar-refractivity contribution in [2.75, 3.05) is 32.7 Å². The number of anilines is 1. The topological polar surface area (TPSA) is 72.6 Å². The molecular formula is C12H16N2O3S. The number of hydrogen-bond acceptors (Lipinski definition) is 5. The molecule has 1 aromatic rings. The molecule has 0 unspecified atom stereocenters. The molecule has 0 bridgehead atoms. The van der Waals surface area contributed by atoms with Crippen LogP contribution >= 0.6 is 11.8 Å². The van der Waals surface area contributed by atoms with Crippen molar-refractivity contribution in [3.05, 3.63) is 23.8 Å².